The normalized spacial score (nSPS) is 18.6. The molecule has 1 N–H and O–H groups in total. The van der Waals surface area contributed by atoms with Gasteiger partial charge in [-0.1, -0.05) is 6.92 Å². The van der Waals surface area contributed by atoms with Gasteiger partial charge in [-0.05, 0) is 57.4 Å². The highest BCUT2D eigenvalue weighted by Crippen LogP contribution is 2.20. The summed E-state index contributed by atoms with van der Waals surface area (Å²) in [5, 5.41) is 3.06. The maximum Gasteiger partial charge on any atom is 0.253 e. The molecule has 2 rings (SSSR count). The van der Waals surface area contributed by atoms with E-state index in [0.717, 1.165) is 19.3 Å². The van der Waals surface area contributed by atoms with Gasteiger partial charge in [-0.3, -0.25) is 9.59 Å². The number of carbonyl (C=O) groups excluding carboxylic acids is 2. The molecule has 0 radical (unpaired) electrons. The van der Waals surface area contributed by atoms with Gasteiger partial charge in [0, 0.05) is 24.2 Å². The fourth-order valence-corrected chi connectivity index (χ4v) is 2.67. The van der Waals surface area contributed by atoms with Crippen molar-refractivity contribution in [3.63, 3.8) is 0 Å². The summed E-state index contributed by atoms with van der Waals surface area (Å²) in [6, 6.07) is 5.54. The predicted octanol–water partition coefficient (Wildman–Crippen LogP) is 2.98. The van der Waals surface area contributed by atoms with Crippen LogP contribution in [0.3, 0.4) is 0 Å². The smallest absolute Gasteiger partial charge is 0.253 e. The van der Waals surface area contributed by atoms with Crippen LogP contribution in [0.25, 0.3) is 0 Å². The number of likely N-dealkylation sites (tertiary alicyclic amines) is 1. The number of benzene rings is 1. The van der Waals surface area contributed by atoms with Gasteiger partial charge in [0.05, 0.1) is 5.92 Å². The van der Waals surface area contributed by atoms with Gasteiger partial charge in [0.25, 0.3) is 5.91 Å². The highest BCUT2D eigenvalue weighted by atomic mass is 19.1. The highest BCUT2D eigenvalue weighted by molar-refractivity contribution is 5.94. The SMILES string of the molecule is CCC(C)(C)NC(=O)[C@@H]1CCCN(C(=O)c2ccc(F)cc2)C1. The second-order valence-electron chi connectivity index (χ2n) is 6.82. The summed E-state index contributed by atoms with van der Waals surface area (Å²) in [6.45, 7) is 7.08. The first kappa shape index (κ1) is 17.4. The summed E-state index contributed by atoms with van der Waals surface area (Å²) in [4.78, 5) is 26.6. The molecular formula is C18H25FN2O2. The van der Waals surface area contributed by atoms with Gasteiger partial charge in [0.2, 0.25) is 5.91 Å². The van der Waals surface area contributed by atoms with Crippen LogP contribution in [-0.2, 0) is 4.79 Å². The maximum absolute atomic E-state index is 13.0. The Kier molecular flexibility index (Phi) is 5.39. The Bertz CT molecular complexity index is 569. The molecule has 0 bridgehead atoms. The molecule has 1 aromatic carbocycles. The lowest BCUT2D eigenvalue weighted by molar-refractivity contribution is -0.128. The Hall–Kier alpha value is -1.91. The van der Waals surface area contributed by atoms with E-state index in [-0.39, 0.29) is 29.1 Å². The molecule has 1 saturated heterocycles. The van der Waals surface area contributed by atoms with Crippen LogP contribution < -0.4 is 5.32 Å². The lowest BCUT2D eigenvalue weighted by atomic mass is 9.94. The Morgan fingerprint density at radius 2 is 1.96 bits per heavy atom. The molecule has 1 atom stereocenters. The number of halogens is 1. The van der Waals surface area contributed by atoms with Gasteiger partial charge >= 0.3 is 0 Å². The third-order valence-electron chi connectivity index (χ3n) is 4.52. The van der Waals surface area contributed by atoms with Crippen molar-refractivity contribution in [2.45, 2.75) is 45.6 Å². The third-order valence-corrected chi connectivity index (χ3v) is 4.52. The summed E-state index contributed by atoms with van der Waals surface area (Å²) in [5.74, 6) is -0.677. The van der Waals surface area contributed by atoms with E-state index in [1.54, 1.807) is 4.90 Å². The number of amides is 2. The number of hydrogen-bond donors (Lipinski definition) is 1. The van der Waals surface area contributed by atoms with Gasteiger partial charge in [-0.25, -0.2) is 4.39 Å². The molecule has 1 aliphatic rings. The molecule has 2 amide bonds. The number of piperidine rings is 1. The minimum Gasteiger partial charge on any atom is -0.351 e. The summed E-state index contributed by atoms with van der Waals surface area (Å²) >= 11 is 0. The average Bonchev–Trinajstić information content (AvgIpc) is 2.54. The average molecular weight is 320 g/mol. The Balaban J connectivity index is 2.01. The van der Waals surface area contributed by atoms with Crippen LogP contribution in [0.15, 0.2) is 24.3 Å². The standard InChI is InChI=1S/C18H25FN2O2/c1-4-18(2,3)20-16(22)14-6-5-11-21(12-14)17(23)13-7-9-15(19)10-8-13/h7-10,14H,4-6,11-12H2,1-3H3,(H,20,22)/t14-/m1/s1. The first-order valence-corrected chi connectivity index (χ1v) is 8.19. The minimum absolute atomic E-state index is 0.00783. The second kappa shape index (κ2) is 7.11. The molecule has 23 heavy (non-hydrogen) atoms. The monoisotopic (exact) mass is 320 g/mol. The zero-order chi connectivity index (χ0) is 17.0. The number of rotatable bonds is 4. The molecular weight excluding hydrogens is 295 g/mol. The van der Waals surface area contributed by atoms with E-state index in [9.17, 15) is 14.0 Å². The van der Waals surface area contributed by atoms with Gasteiger partial charge < -0.3 is 10.2 Å². The van der Waals surface area contributed by atoms with Crippen molar-refractivity contribution in [1.82, 2.24) is 10.2 Å². The molecule has 126 valence electrons. The zero-order valence-electron chi connectivity index (χ0n) is 14.1. The number of nitrogens with zero attached hydrogens (tertiary/aromatic N) is 1. The zero-order valence-corrected chi connectivity index (χ0v) is 14.1. The minimum atomic E-state index is -0.362. The van der Waals surface area contributed by atoms with E-state index < -0.39 is 0 Å². The van der Waals surface area contributed by atoms with Crippen molar-refractivity contribution in [2.24, 2.45) is 5.92 Å². The number of hydrogen-bond acceptors (Lipinski definition) is 2. The molecule has 0 spiro atoms. The Morgan fingerprint density at radius 3 is 2.57 bits per heavy atom. The van der Waals surface area contributed by atoms with E-state index >= 15 is 0 Å². The van der Waals surface area contributed by atoms with Crippen LogP contribution in [0.1, 0.15) is 50.4 Å². The van der Waals surface area contributed by atoms with Crippen molar-refractivity contribution in [3.8, 4) is 0 Å². The Morgan fingerprint density at radius 1 is 1.30 bits per heavy atom. The lowest BCUT2D eigenvalue weighted by Gasteiger charge is -2.34. The first-order valence-electron chi connectivity index (χ1n) is 8.19. The molecule has 5 heteroatoms. The van der Waals surface area contributed by atoms with Crippen LogP contribution in [-0.4, -0.2) is 35.3 Å². The van der Waals surface area contributed by atoms with Gasteiger partial charge in [0.15, 0.2) is 0 Å². The van der Waals surface area contributed by atoms with Crippen LogP contribution in [0.5, 0.6) is 0 Å². The van der Waals surface area contributed by atoms with Crippen LogP contribution in [0.4, 0.5) is 4.39 Å². The van der Waals surface area contributed by atoms with Crippen molar-refractivity contribution in [2.75, 3.05) is 13.1 Å². The quantitative estimate of drug-likeness (QED) is 0.927. The summed E-state index contributed by atoms with van der Waals surface area (Å²) in [7, 11) is 0. The molecule has 0 unspecified atom stereocenters. The molecule has 1 aromatic rings. The molecule has 4 nitrogen and oxygen atoms in total. The fourth-order valence-electron chi connectivity index (χ4n) is 2.67. The fraction of sp³-hybridized carbons (Fsp3) is 0.556. The van der Waals surface area contributed by atoms with Crippen molar-refractivity contribution in [3.05, 3.63) is 35.6 Å². The number of carbonyl (C=O) groups is 2. The molecule has 1 heterocycles. The highest BCUT2D eigenvalue weighted by Gasteiger charge is 2.31. The second-order valence-corrected chi connectivity index (χ2v) is 6.82. The lowest BCUT2D eigenvalue weighted by Crippen LogP contribution is -2.50. The predicted molar refractivity (Wildman–Crippen MR) is 87.5 cm³/mol. The van der Waals surface area contributed by atoms with Gasteiger partial charge in [-0.2, -0.15) is 0 Å². The van der Waals surface area contributed by atoms with E-state index in [2.05, 4.69) is 5.32 Å². The van der Waals surface area contributed by atoms with Crippen LogP contribution in [0.2, 0.25) is 0 Å². The summed E-state index contributed by atoms with van der Waals surface area (Å²) in [6.07, 6.45) is 2.44. The summed E-state index contributed by atoms with van der Waals surface area (Å²) < 4.78 is 13.0. The van der Waals surface area contributed by atoms with Crippen molar-refractivity contribution >= 4 is 11.8 Å². The molecule has 0 saturated carbocycles. The molecule has 1 fully saturated rings. The van der Waals surface area contributed by atoms with E-state index in [4.69, 9.17) is 0 Å². The van der Waals surface area contributed by atoms with Crippen LogP contribution in [0, 0.1) is 11.7 Å². The third kappa shape index (κ3) is 4.53. The van der Waals surface area contributed by atoms with Crippen LogP contribution >= 0.6 is 0 Å². The summed E-state index contributed by atoms with van der Waals surface area (Å²) in [5.41, 5.74) is 0.224. The van der Waals surface area contributed by atoms with E-state index in [1.807, 2.05) is 20.8 Å². The topological polar surface area (TPSA) is 49.4 Å². The van der Waals surface area contributed by atoms with Crippen molar-refractivity contribution in [1.29, 1.82) is 0 Å². The number of nitrogens with one attached hydrogen (secondary N) is 1. The van der Waals surface area contributed by atoms with E-state index in [1.165, 1.54) is 24.3 Å². The molecule has 0 aliphatic carbocycles. The Labute approximate surface area is 137 Å². The maximum atomic E-state index is 13.0. The van der Waals surface area contributed by atoms with Crippen molar-refractivity contribution < 1.29 is 14.0 Å². The molecule has 0 aromatic heterocycles. The van der Waals surface area contributed by atoms with E-state index in [0.29, 0.717) is 18.7 Å². The first-order chi connectivity index (χ1) is 10.8. The molecule has 1 aliphatic heterocycles. The van der Waals surface area contributed by atoms with Gasteiger partial charge in [0.1, 0.15) is 5.82 Å². The van der Waals surface area contributed by atoms with Gasteiger partial charge in [-0.15, -0.1) is 0 Å². The largest absolute Gasteiger partial charge is 0.351 e.